The van der Waals surface area contributed by atoms with Crippen LogP contribution in [0.3, 0.4) is 0 Å². The van der Waals surface area contributed by atoms with Gasteiger partial charge in [-0.05, 0) is 40.5 Å². The fourth-order valence-electron chi connectivity index (χ4n) is 1.80. The zero-order valence-corrected chi connectivity index (χ0v) is 12.4. The molecule has 0 radical (unpaired) electrons. The molecule has 0 saturated heterocycles. The minimum Gasteiger partial charge on any atom is -0.388 e. The number of aliphatic hydroxyl groups is 1. The van der Waals surface area contributed by atoms with Crippen molar-refractivity contribution in [1.29, 1.82) is 0 Å². The van der Waals surface area contributed by atoms with Gasteiger partial charge in [0.2, 0.25) is 0 Å². The fraction of sp³-hybridized carbons (Fsp3) is 0.286. The van der Waals surface area contributed by atoms with Gasteiger partial charge in [0.05, 0.1) is 10.6 Å². The van der Waals surface area contributed by atoms with Gasteiger partial charge in [-0.1, -0.05) is 19.1 Å². The van der Waals surface area contributed by atoms with Crippen LogP contribution in [0.5, 0.6) is 0 Å². The molecule has 0 saturated carbocycles. The Morgan fingerprint density at radius 3 is 2.67 bits per heavy atom. The SMILES string of the molecule is CCc1ccc(CC(O)c2cccc(Br)c2F)s1. The molecule has 0 aliphatic heterocycles. The van der Waals surface area contributed by atoms with E-state index < -0.39 is 6.10 Å². The van der Waals surface area contributed by atoms with E-state index in [4.69, 9.17) is 0 Å². The number of halogens is 2. The summed E-state index contributed by atoms with van der Waals surface area (Å²) >= 11 is 4.80. The highest BCUT2D eigenvalue weighted by molar-refractivity contribution is 9.10. The average Bonchev–Trinajstić information content (AvgIpc) is 2.80. The predicted molar refractivity (Wildman–Crippen MR) is 76.5 cm³/mol. The van der Waals surface area contributed by atoms with Crippen molar-refractivity contribution < 1.29 is 9.50 Å². The molecule has 2 rings (SSSR count). The molecule has 1 atom stereocenters. The van der Waals surface area contributed by atoms with E-state index in [0.717, 1.165) is 11.3 Å². The molecule has 0 bridgehead atoms. The molecular formula is C14H14BrFOS. The molecule has 4 heteroatoms. The van der Waals surface area contributed by atoms with Crippen LogP contribution in [0.2, 0.25) is 0 Å². The van der Waals surface area contributed by atoms with Crippen LogP contribution >= 0.6 is 27.3 Å². The molecule has 1 aromatic heterocycles. The second-order valence-electron chi connectivity index (χ2n) is 4.08. The molecule has 2 aromatic rings. The Balaban J connectivity index is 2.16. The van der Waals surface area contributed by atoms with Gasteiger partial charge in [-0.25, -0.2) is 4.39 Å². The van der Waals surface area contributed by atoms with E-state index in [1.54, 1.807) is 29.5 Å². The first-order valence-electron chi connectivity index (χ1n) is 5.81. The van der Waals surface area contributed by atoms with E-state index in [1.807, 2.05) is 6.07 Å². The molecule has 0 aliphatic rings. The lowest BCUT2D eigenvalue weighted by atomic mass is 10.1. The standard InChI is InChI=1S/C14H14BrFOS/c1-2-9-6-7-10(18-9)8-13(17)11-4-3-5-12(15)14(11)16/h3-7,13,17H,2,8H2,1H3. The third kappa shape index (κ3) is 2.99. The monoisotopic (exact) mass is 328 g/mol. The zero-order chi connectivity index (χ0) is 13.1. The Hall–Kier alpha value is -0.710. The van der Waals surface area contributed by atoms with Crippen LogP contribution in [0, 0.1) is 5.82 Å². The molecule has 0 spiro atoms. The summed E-state index contributed by atoms with van der Waals surface area (Å²) in [5.74, 6) is -0.378. The smallest absolute Gasteiger partial charge is 0.143 e. The summed E-state index contributed by atoms with van der Waals surface area (Å²) in [5.41, 5.74) is 0.343. The van der Waals surface area contributed by atoms with Crippen LogP contribution in [-0.2, 0) is 12.8 Å². The van der Waals surface area contributed by atoms with Gasteiger partial charge in [0, 0.05) is 21.7 Å². The second kappa shape index (κ2) is 5.95. The van der Waals surface area contributed by atoms with Gasteiger partial charge >= 0.3 is 0 Å². The van der Waals surface area contributed by atoms with Crippen LogP contribution in [0.25, 0.3) is 0 Å². The molecule has 1 nitrogen and oxygen atoms in total. The first kappa shape index (κ1) is 13.7. The van der Waals surface area contributed by atoms with Crippen molar-refractivity contribution in [3.05, 3.63) is 55.9 Å². The molecule has 0 fully saturated rings. The van der Waals surface area contributed by atoms with Crippen molar-refractivity contribution in [3.8, 4) is 0 Å². The summed E-state index contributed by atoms with van der Waals surface area (Å²) in [5, 5.41) is 10.1. The van der Waals surface area contributed by atoms with Gasteiger partial charge in [-0.2, -0.15) is 0 Å². The van der Waals surface area contributed by atoms with Gasteiger partial charge in [-0.15, -0.1) is 11.3 Å². The summed E-state index contributed by atoms with van der Waals surface area (Å²) < 4.78 is 14.2. The minimum absolute atomic E-state index is 0.343. The van der Waals surface area contributed by atoms with E-state index >= 15 is 0 Å². The van der Waals surface area contributed by atoms with Gasteiger partial charge in [0.1, 0.15) is 5.82 Å². The normalized spacial score (nSPS) is 12.7. The third-order valence-electron chi connectivity index (χ3n) is 2.80. The van der Waals surface area contributed by atoms with E-state index in [2.05, 4.69) is 28.9 Å². The summed E-state index contributed by atoms with van der Waals surface area (Å²) in [6.07, 6.45) is 0.648. The molecule has 1 unspecified atom stereocenters. The molecule has 1 N–H and O–H groups in total. The molecule has 1 heterocycles. The molecule has 0 amide bonds. The lowest BCUT2D eigenvalue weighted by Crippen LogP contribution is -2.03. The molecule has 96 valence electrons. The van der Waals surface area contributed by atoms with Crippen molar-refractivity contribution in [1.82, 2.24) is 0 Å². The molecular weight excluding hydrogens is 315 g/mol. The van der Waals surface area contributed by atoms with Crippen molar-refractivity contribution >= 4 is 27.3 Å². The Kier molecular flexibility index (Phi) is 4.54. The number of aryl methyl sites for hydroxylation is 1. The van der Waals surface area contributed by atoms with E-state index in [-0.39, 0.29) is 5.82 Å². The summed E-state index contributed by atoms with van der Waals surface area (Å²) in [6, 6.07) is 9.05. The van der Waals surface area contributed by atoms with E-state index in [1.165, 1.54) is 4.88 Å². The van der Waals surface area contributed by atoms with Gasteiger partial charge in [0.25, 0.3) is 0 Å². The lowest BCUT2D eigenvalue weighted by molar-refractivity contribution is 0.174. The maximum atomic E-state index is 13.8. The number of benzene rings is 1. The first-order valence-corrected chi connectivity index (χ1v) is 7.42. The number of thiophene rings is 1. The van der Waals surface area contributed by atoms with Crippen molar-refractivity contribution in [3.63, 3.8) is 0 Å². The fourth-order valence-corrected chi connectivity index (χ4v) is 3.18. The van der Waals surface area contributed by atoms with Gasteiger partial charge in [0.15, 0.2) is 0 Å². The van der Waals surface area contributed by atoms with Crippen molar-refractivity contribution in [2.75, 3.05) is 0 Å². The number of hydrogen-bond donors (Lipinski definition) is 1. The third-order valence-corrected chi connectivity index (χ3v) is 4.67. The number of rotatable bonds is 4. The Labute approximate surface area is 118 Å². The summed E-state index contributed by atoms with van der Waals surface area (Å²) in [6.45, 7) is 2.10. The highest BCUT2D eigenvalue weighted by atomic mass is 79.9. The largest absolute Gasteiger partial charge is 0.388 e. The quantitative estimate of drug-likeness (QED) is 0.876. The van der Waals surface area contributed by atoms with Crippen LogP contribution < -0.4 is 0 Å². The molecule has 1 aromatic carbocycles. The maximum Gasteiger partial charge on any atom is 0.143 e. The lowest BCUT2D eigenvalue weighted by Gasteiger charge is -2.11. The van der Waals surface area contributed by atoms with Crippen LogP contribution in [0.15, 0.2) is 34.8 Å². The Morgan fingerprint density at radius 2 is 2.00 bits per heavy atom. The number of hydrogen-bond acceptors (Lipinski definition) is 2. The number of aliphatic hydroxyl groups excluding tert-OH is 1. The van der Waals surface area contributed by atoms with Crippen molar-refractivity contribution in [2.24, 2.45) is 0 Å². The zero-order valence-electron chi connectivity index (χ0n) is 9.99. The van der Waals surface area contributed by atoms with Crippen LogP contribution in [0.4, 0.5) is 4.39 Å². The van der Waals surface area contributed by atoms with Gasteiger partial charge < -0.3 is 5.11 Å². The van der Waals surface area contributed by atoms with E-state index in [9.17, 15) is 9.50 Å². The average molecular weight is 329 g/mol. The van der Waals surface area contributed by atoms with E-state index in [0.29, 0.717) is 16.5 Å². The van der Waals surface area contributed by atoms with Crippen LogP contribution in [0.1, 0.15) is 28.3 Å². The van der Waals surface area contributed by atoms with Crippen molar-refractivity contribution in [2.45, 2.75) is 25.9 Å². The molecule has 0 aliphatic carbocycles. The Bertz CT molecular complexity index is 538. The second-order valence-corrected chi connectivity index (χ2v) is 6.19. The maximum absolute atomic E-state index is 13.8. The topological polar surface area (TPSA) is 20.2 Å². The predicted octanol–water partition coefficient (Wildman–Crippen LogP) is 4.49. The van der Waals surface area contributed by atoms with Crippen LogP contribution in [-0.4, -0.2) is 5.11 Å². The first-order chi connectivity index (χ1) is 8.61. The van der Waals surface area contributed by atoms with Gasteiger partial charge in [-0.3, -0.25) is 0 Å². The minimum atomic E-state index is -0.800. The Morgan fingerprint density at radius 1 is 1.28 bits per heavy atom. The highest BCUT2D eigenvalue weighted by Crippen LogP contribution is 2.28. The summed E-state index contributed by atoms with van der Waals surface area (Å²) in [7, 11) is 0. The highest BCUT2D eigenvalue weighted by Gasteiger charge is 2.16. The molecule has 18 heavy (non-hydrogen) atoms. The summed E-state index contributed by atoms with van der Waals surface area (Å²) in [4.78, 5) is 2.37.